The van der Waals surface area contributed by atoms with Crippen LogP contribution in [0.25, 0.3) is 21.5 Å². The molecule has 4 aromatic rings. The molecule has 406 valence electrons. The Morgan fingerprint density at radius 3 is 2.25 bits per heavy atom. The van der Waals surface area contributed by atoms with Gasteiger partial charge in [-0.3, -0.25) is 5.04 Å². The zero-order valence-corrected chi connectivity index (χ0v) is 57.7. The summed E-state index contributed by atoms with van der Waals surface area (Å²) >= 11 is -1.81. The van der Waals surface area contributed by atoms with E-state index >= 15 is 0 Å². The molecule has 80 heavy (non-hydrogen) atoms. The van der Waals surface area contributed by atoms with Gasteiger partial charge in [0.25, 0.3) is 0 Å². The van der Waals surface area contributed by atoms with E-state index in [-0.39, 0.29) is 143 Å². The second kappa shape index (κ2) is 30.9. The Bertz CT molecular complexity index is 3430. The summed E-state index contributed by atoms with van der Waals surface area (Å²) in [5.74, 6) is -0.959. The van der Waals surface area contributed by atoms with Crippen LogP contribution in [0.3, 0.4) is 0 Å². The molecule has 0 fully saturated rings. The first-order valence-corrected chi connectivity index (χ1v) is 29.7. The summed E-state index contributed by atoms with van der Waals surface area (Å²) < 4.78 is 112. The molecule has 25 heteroatoms. The van der Waals surface area contributed by atoms with Crippen molar-refractivity contribution in [3.8, 4) is 0 Å². The Kier molecular flexibility index (Phi) is 27.5. The van der Waals surface area contributed by atoms with Gasteiger partial charge in [-0.1, -0.05) is 55.8 Å². The van der Waals surface area contributed by atoms with Crippen LogP contribution >= 0.6 is 12.0 Å². The number of carboxylic acids is 1. The number of ether oxygens (including phenoxy) is 1. The van der Waals surface area contributed by atoms with Crippen LogP contribution in [-0.2, 0) is 65.5 Å². The number of carboxylic acid groups (broad SMARTS) is 1. The number of anilines is 1. The van der Waals surface area contributed by atoms with Gasteiger partial charge < -0.3 is 42.6 Å². The number of rotatable bonds is 23. The predicted molar refractivity (Wildman–Crippen MR) is 282 cm³/mol. The number of benzene rings is 4. The van der Waals surface area contributed by atoms with Crippen molar-refractivity contribution in [1.29, 1.82) is 0 Å². The summed E-state index contributed by atoms with van der Waals surface area (Å²) in [6, 6.07) is 17.8. The number of nitrogens with zero attached hydrogens (tertiary/aromatic N) is 2. The molecule has 4 aliphatic rings. The second-order valence-electron chi connectivity index (χ2n) is 20.2. The van der Waals surface area contributed by atoms with E-state index in [2.05, 4.69) is 70.8 Å². The van der Waals surface area contributed by atoms with Crippen LogP contribution in [0.15, 0.2) is 141 Å². The zero-order chi connectivity index (χ0) is 54.6. The fourth-order valence-corrected chi connectivity index (χ4v) is 12.7. The first-order valence-electron chi connectivity index (χ1n) is 25.0. The number of unbranched alkanes of at least 4 members (excludes halogenated alkanes) is 2. The van der Waals surface area contributed by atoms with E-state index < -0.39 is 60.3 Å². The summed E-state index contributed by atoms with van der Waals surface area (Å²) in [4.78, 5) is 13.9. The summed E-state index contributed by atoms with van der Waals surface area (Å²) in [6.07, 6.45) is 18.2. The number of hydrogen-bond donors (Lipinski definition) is 0. The SMILES string of the molecule is CC1(C)C(/C=C/C2=C(OC3C=CC(CCC(=O)[O-])=CC3)C(=C/C=C3/N(CCCCOS(=O)[O-])c4ccc5cc(SOO[O-])ccc5c4C3(C)C)/CCC2)=[N+](CCCCS(=O)(=O)[O-])c2ccc3cc(S(=O)(=O)[O-])ccc3c21.[Na+].[Na+].[Na+].[Na+]. The molecule has 0 saturated carbocycles. The van der Waals surface area contributed by atoms with E-state index in [0.29, 0.717) is 74.1 Å². The summed E-state index contributed by atoms with van der Waals surface area (Å²) in [5.41, 5.74) is 7.09. The Hall–Kier alpha value is -1.30. The molecule has 0 radical (unpaired) electrons. The van der Waals surface area contributed by atoms with Crippen LogP contribution in [0.2, 0.25) is 0 Å². The van der Waals surface area contributed by atoms with E-state index in [1.165, 1.54) is 12.1 Å². The molecular formula is C55H58N2Na4O15S4. The molecule has 0 aromatic heterocycles. The van der Waals surface area contributed by atoms with Gasteiger partial charge in [0.1, 0.15) is 28.5 Å². The molecule has 4 aromatic carbocycles. The van der Waals surface area contributed by atoms with Crippen LogP contribution in [0.4, 0.5) is 11.4 Å². The van der Waals surface area contributed by atoms with Crippen molar-refractivity contribution in [3.63, 3.8) is 0 Å². The van der Waals surface area contributed by atoms with Crippen molar-refractivity contribution < 1.29 is 191 Å². The number of carbonyl (C=O) groups is 1. The van der Waals surface area contributed by atoms with Crippen molar-refractivity contribution in [2.45, 2.75) is 119 Å². The molecule has 17 nitrogen and oxygen atoms in total. The molecule has 0 bridgehead atoms. The minimum absolute atomic E-state index is 0. The van der Waals surface area contributed by atoms with Crippen molar-refractivity contribution in [2.24, 2.45) is 0 Å². The number of carbonyl (C=O) groups excluding carboxylic acids is 1. The Balaban J connectivity index is 0.00000344. The van der Waals surface area contributed by atoms with Crippen LogP contribution in [0.5, 0.6) is 0 Å². The summed E-state index contributed by atoms with van der Waals surface area (Å²) in [7, 11) is -9.18. The van der Waals surface area contributed by atoms with Gasteiger partial charge in [-0.25, -0.2) is 21.0 Å². The van der Waals surface area contributed by atoms with Gasteiger partial charge in [-0.05, 0) is 158 Å². The monoisotopic (exact) mass is 1210 g/mol. The van der Waals surface area contributed by atoms with Crippen LogP contribution in [-0.4, -0.2) is 82.5 Å². The minimum atomic E-state index is -4.73. The van der Waals surface area contributed by atoms with Crippen LogP contribution < -0.4 is 133 Å². The van der Waals surface area contributed by atoms with Gasteiger partial charge in [0, 0.05) is 70.5 Å². The van der Waals surface area contributed by atoms with Crippen molar-refractivity contribution in [2.75, 3.05) is 30.3 Å². The Morgan fingerprint density at radius 2 is 1.57 bits per heavy atom. The molecular weight excluding hydrogens is 1150 g/mol. The molecule has 8 rings (SSSR count). The maximum atomic E-state index is 12.1. The topological polar surface area (TPSA) is 261 Å². The molecule has 0 N–H and O–H groups in total. The third-order valence-corrected chi connectivity index (χ3v) is 17.0. The van der Waals surface area contributed by atoms with Crippen molar-refractivity contribution in [1.82, 2.24) is 0 Å². The normalized spacial score (nSPS) is 18.9. The van der Waals surface area contributed by atoms with E-state index in [0.717, 1.165) is 85.3 Å². The third kappa shape index (κ3) is 17.2. The van der Waals surface area contributed by atoms with Gasteiger partial charge in [0.2, 0.25) is 5.69 Å². The molecule has 0 spiro atoms. The van der Waals surface area contributed by atoms with Crippen LogP contribution in [0.1, 0.15) is 103 Å². The van der Waals surface area contributed by atoms with E-state index in [1.807, 2.05) is 54.6 Å². The second-order valence-corrected chi connectivity index (χ2v) is 24.5. The fraction of sp³-hybridized carbons (Fsp3) is 0.382. The van der Waals surface area contributed by atoms with Gasteiger partial charge in [-0.2, -0.15) is 8.91 Å². The quantitative estimate of drug-likeness (QED) is 0.00998. The molecule has 0 amide bonds. The molecule has 0 saturated heterocycles. The largest absolute Gasteiger partial charge is 1.00 e. The molecule has 2 aliphatic heterocycles. The number of allylic oxidation sites excluding steroid dienone is 9. The van der Waals surface area contributed by atoms with Gasteiger partial charge in [0.05, 0.1) is 50.4 Å². The average molecular weight is 1210 g/mol. The first-order chi connectivity index (χ1) is 36.1. The zero-order valence-electron chi connectivity index (χ0n) is 46.4. The first kappa shape index (κ1) is 71.2. The van der Waals surface area contributed by atoms with Crippen LogP contribution in [0, 0.1) is 0 Å². The molecule has 2 unspecified atom stereocenters. The minimum Gasteiger partial charge on any atom is -0.750 e. The molecule has 2 atom stereocenters. The third-order valence-electron chi connectivity index (χ3n) is 14.4. The summed E-state index contributed by atoms with van der Waals surface area (Å²) in [5, 5.41) is 28.7. The average Bonchev–Trinajstić information content (AvgIpc) is 3.72. The van der Waals surface area contributed by atoms with E-state index in [4.69, 9.17) is 8.92 Å². The van der Waals surface area contributed by atoms with E-state index in [1.54, 1.807) is 12.1 Å². The van der Waals surface area contributed by atoms with Crippen molar-refractivity contribution in [3.05, 3.63) is 142 Å². The maximum Gasteiger partial charge on any atom is 1.00 e. The maximum absolute atomic E-state index is 12.1. The Morgan fingerprint density at radius 1 is 0.863 bits per heavy atom. The number of hydrogen-bond acceptors (Lipinski definition) is 17. The van der Waals surface area contributed by atoms with Crippen molar-refractivity contribution >= 4 is 88.2 Å². The van der Waals surface area contributed by atoms with Gasteiger partial charge in [-0.15, -0.1) is 0 Å². The molecule has 2 aliphatic carbocycles. The summed E-state index contributed by atoms with van der Waals surface area (Å²) in [6.45, 7) is 9.38. The van der Waals surface area contributed by atoms with Gasteiger partial charge in [0.15, 0.2) is 5.71 Å². The van der Waals surface area contributed by atoms with E-state index in [9.17, 15) is 49.9 Å². The smallest absolute Gasteiger partial charge is 0.750 e. The Labute approximate surface area is 563 Å². The fourth-order valence-electron chi connectivity index (χ4n) is 11.0. The number of fused-ring (bicyclic) bond motifs is 6. The standard InChI is InChI=1S/C55H62N2O15S4.4Na/c1-54(2)48(56(30-5-7-32-69-74(61)62)46-25-15-39-34-42(73-72-71-60)21-23-44(39)51(46)54)27-17-37-10-9-11-38(53(37)70-41-19-12-36(13-20-41)14-29-50(58)59)18-28-49-55(3,4)52-45-24-22-43(76(66,67)68)35-40(45)16-26-47(52)57(49)31-6-8-33-75(63,64)65;;;;/h12-13,15-19,21-28,34-35,41H,5-11,14,20,29-33H2,1-4H3,(H4-,58,59,60,61,62,63,64,65,66,67,68);;;;/q;4*+1/p-4. The molecule has 2 heterocycles. The van der Waals surface area contributed by atoms with Gasteiger partial charge >= 0.3 is 118 Å². The predicted octanol–water partition coefficient (Wildman–Crippen LogP) is -4.16. The number of aliphatic carboxylic acids is 1.